The number of pyridine rings is 1. The Morgan fingerprint density at radius 1 is 0.809 bits per heavy atom. The van der Waals surface area contributed by atoms with Gasteiger partial charge in [-0.25, -0.2) is 28.4 Å². The molecule has 5 rings (SSSR count). The molecule has 47 heavy (non-hydrogen) atoms. The Morgan fingerprint density at radius 3 is 2.15 bits per heavy atom. The maximum atomic E-state index is 13.7. The van der Waals surface area contributed by atoms with E-state index in [1.165, 1.54) is 31.6 Å². The summed E-state index contributed by atoms with van der Waals surface area (Å²) < 4.78 is 47.4. The van der Waals surface area contributed by atoms with Crippen molar-refractivity contribution in [3.8, 4) is 34.8 Å². The molecule has 0 saturated carbocycles. The normalized spacial score (nSPS) is 11.3. The fraction of sp³-hybridized carbons (Fsp3) is 0.188. The Hall–Kier alpha value is -5.83. The van der Waals surface area contributed by atoms with E-state index in [4.69, 9.17) is 14.2 Å². The summed E-state index contributed by atoms with van der Waals surface area (Å²) >= 11 is 0. The largest absolute Gasteiger partial charge is 0.493 e. The minimum Gasteiger partial charge on any atom is -0.493 e. The highest BCUT2D eigenvalue weighted by Gasteiger charge is 2.27. The molecule has 242 valence electrons. The van der Waals surface area contributed by atoms with E-state index in [0.29, 0.717) is 11.6 Å². The van der Waals surface area contributed by atoms with Crippen molar-refractivity contribution in [3.05, 3.63) is 97.0 Å². The Kier molecular flexibility index (Phi) is 9.75. The van der Waals surface area contributed by atoms with E-state index in [-0.39, 0.29) is 45.2 Å². The van der Waals surface area contributed by atoms with Crippen LogP contribution in [-0.2, 0) is 20.2 Å². The molecule has 3 N–H and O–H groups in total. The van der Waals surface area contributed by atoms with E-state index in [1.807, 2.05) is 20.8 Å². The van der Waals surface area contributed by atoms with Crippen LogP contribution in [0.15, 0.2) is 96.3 Å². The van der Waals surface area contributed by atoms with Gasteiger partial charge in [0.25, 0.3) is 21.8 Å². The molecule has 0 aliphatic carbocycles. The second kappa shape index (κ2) is 14.1. The first-order chi connectivity index (χ1) is 22.5. The zero-order valence-electron chi connectivity index (χ0n) is 26.0. The highest BCUT2D eigenvalue weighted by Crippen LogP contribution is 2.41. The van der Waals surface area contributed by atoms with Crippen molar-refractivity contribution in [1.29, 1.82) is 0 Å². The standard InChI is InChI=1S/C32H32N8O6S/c1-32(2,3)21-13-15-22(16-14-21)47(42,43)40-28-27(46-24-11-6-5-10-23(24)44-4)31(37-30(36-28)29-34-18-9-19-35-29)45-20-26(41)39-38-25-12-7-8-17-33-25/h5-19H,20H2,1-4H3,(H,33,38)(H,39,41)(H,36,37,40). The van der Waals surface area contributed by atoms with Gasteiger partial charge in [-0.15, -0.1) is 0 Å². The van der Waals surface area contributed by atoms with Crippen molar-refractivity contribution in [2.45, 2.75) is 31.1 Å². The third-order valence-corrected chi connectivity index (χ3v) is 7.83. The zero-order chi connectivity index (χ0) is 33.4. The van der Waals surface area contributed by atoms with E-state index in [2.05, 4.69) is 40.5 Å². The summed E-state index contributed by atoms with van der Waals surface area (Å²) in [5.41, 5.74) is 5.92. The molecule has 0 bridgehead atoms. The number of para-hydroxylation sites is 2. The molecule has 0 fully saturated rings. The molecule has 0 atom stereocenters. The summed E-state index contributed by atoms with van der Waals surface area (Å²) in [5.74, 6) is -0.513. The fourth-order valence-electron chi connectivity index (χ4n) is 4.08. The van der Waals surface area contributed by atoms with Crippen molar-refractivity contribution in [1.82, 2.24) is 30.3 Å². The number of benzene rings is 2. The monoisotopic (exact) mass is 656 g/mol. The van der Waals surface area contributed by atoms with Gasteiger partial charge < -0.3 is 14.2 Å². The number of carbonyl (C=O) groups is 1. The molecule has 14 nitrogen and oxygen atoms in total. The first-order valence-electron chi connectivity index (χ1n) is 14.3. The number of amides is 1. The van der Waals surface area contributed by atoms with Gasteiger partial charge in [-0.2, -0.15) is 4.98 Å². The minimum absolute atomic E-state index is 0.0210. The highest BCUT2D eigenvalue weighted by atomic mass is 32.2. The summed E-state index contributed by atoms with van der Waals surface area (Å²) in [4.78, 5) is 34.0. The lowest BCUT2D eigenvalue weighted by Crippen LogP contribution is -2.34. The Labute approximate surface area is 271 Å². The molecule has 0 unspecified atom stereocenters. The second-order valence-corrected chi connectivity index (χ2v) is 12.6. The van der Waals surface area contributed by atoms with Gasteiger partial charge in [-0.05, 0) is 53.4 Å². The Bertz CT molecular complexity index is 1940. The number of rotatable bonds is 12. The van der Waals surface area contributed by atoms with E-state index >= 15 is 0 Å². The van der Waals surface area contributed by atoms with E-state index in [9.17, 15) is 13.2 Å². The Morgan fingerprint density at radius 2 is 1.49 bits per heavy atom. The number of nitrogens with one attached hydrogen (secondary N) is 3. The van der Waals surface area contributed by atoms with Crippen LogP contribution < -0.4 is 29.8 Å². The average molecular weight is 657 g/mol. The van der Waals surface area contributed by atoms with Crippen LogP contribution in [0.25, 0.3) is 11.6 Å². The van der Waals surface area contributed by atoms with E-state index in [1.54, 1.807) is 66.9 Å². The van der Waals surface area contributed by atoms with Crippen molar-refractivity contribution < 1.29 is 27.4 Å². The van der Waals surface area contributed by atoms with Crippen LogP contribution in [0, 0.1) is 0 Å². The van der Waals surface area contributed by atoms with Gasteiger partial charge in [0.2, 0.25) is 11.6 Å². The number of nitrogens with zero attached hydrogens (tertiary/aromatic N) is 5. The molecule has 3 heterocycles. The zero-order valence-corrected chi connectivity index (χ0v) is 26.8. The SMILES string of the molecule is COc1ccccc1Oc1c(NS(=O)(=O)c2ccc(C(C)(C)C)cc2)nc(-c2ncccn2)nc1OCC(=O)NNc1ccccn1. The third-order valence-electron chi connectivity index (χ3n) is 6.48. The van der Waals surface area contributed by atoms with Gasteiger partial charge in [0.05, 0.1) is 12.0 Å². The number of anilines is 2. The van der Waals surface area contributed by atoms with Crippen LogP contribution in [0.1, 0.15) is 26.3 Å². The highest BCUT2D eigenvalue weighted by molar-refractivity contribution is 7.92. The summed E-state index contributed by atoms with van der Waals surface area (Å²) in [5, 5.41) is 0. The third kappa shape index (κ3) is 8.26. The molecule has 0 aliphatic rings. The van der Waals surface area contributed by atoms with Crippen LogP contribution in [-0.4, -0.2) is 53.0 Å². The van der Waals surface area contributed by atoms with Gasteiger partial charge in [0, 0.05) is 18.6 Å². The van der Waals surface area contributed by atoms with Gasteiger partial charge in [-0.1, -0.05) is 51.1 Å². The summed E-state index contributed by atoms with van der Waals surface area (Å²) in [7, 11) is -2.78. The minimum atomic E-state index is -4.24. The second-order valence-electron chi connectivity index (χ2n) is 10.9. The molecule has 0 aliphatic heterocycles. The summed E-state index contributed by atoms with van der Waals surface area (Å²) in [6.07, 6.45) is 4.51. The van der Waals surface area contributed by atoms with Gasteiger partial charge in [-0.3, -0.25) is 20.4 Å². The molecule has 3 aromatic heterocycles. The van der Waals surface area contributed by atoms with Crippen molar-refractivity contribution in [2.24, 2.45) is 0 Å². The topological polar surface area (TPSA) is 179 Å². The van der Waals surface area contributed by atoms with Crippen molar-refractivity contribution in [2.75, 3.05) is 23.9 Å². The Balaban J connectivity index is 1.56. The first kappa shape index (κ1) is 32.6. The van der Waals surface area contributed by atoms with Crippen molar-refractivity contribution >= 4 is 27.6 Å². The number of sulfonamides is 1. The number of hydrogen-bond acceptors (Lipinski definition) is 12. The van der Waals surface area contributed by atoms with Crippen LogP contribution in [0.5, 0.6) is 23.1 Å². The number of carbonyl (C=O) groups excluding carboxylic acids is 1. The predicted molar refractivity (Wildman–Crippen MR) is 174 cm³/mol. The molecule has 0 spiro atoms. The van der Waals surface area contributed by atoms with Gasteiger partial charge in [0.15, 0.2) is 29.7 Å². The lowest BCUT2D eigenvalue weighted by Gasteiger charge is -2.20. The molecule has 15 heteroatoms. The predicted octanol–water partition coefficient (Wildman–Crippen LogP) is 4.75. The lowest BCUT2D eigenvalue weighted by molar-refractivity contribution is -0.122. The summed E-state index contributed by atoms with van der Waals surface area (Å²) in [6.45, 7) is 5.52. The smallest absolute Gasteiger partial charge is 0.276 e. The van der Waals surface area contributed by atoms with E-state index < -0.39 is 22.5 Å². The molecule has 1 amide bonds. The average Bonchev–Trinajstić information content (AvgIpc) is 3.08. The maximum absolute atomic E-state index is 13.7. The molecular formula is C32H32N8O6S. The molecular weight excluding hydrogens is 624 g/mol. The van der Waals surface area contributed by atoms with E-state index in [0.717, 1.165) is 5.56 Å². The van der Waals surface area contributed by atoms with Crippen LogP contribution in [0.2, 0.25) is 0 Å². The maximum Gasteiger partial charge on any atom is 0.276 e. The number of aromatic nitrogens is 5. The number of ether oxygens (including phenoxy) is 3. The van der Waals surface area contributed by atoms with Crippen LogP contribution >= 0.6 is 0 Å². The molecule has 2 aromatic carbocycles. The van der Waals surface area contributed by atoms with Gasteiger partial charge in [0.1, 0.15) is 5.82 Å². The van der Waals surface area contributed by atoms with Gasteiger partial charge >= 0.3 is 0 Å². The number of hydrogen-bond donors (Lipinski definition) is 3. The fourth-order valence-corrected chi connectivity index (χ4v) is 5.08. The lowest BCUT2D eigenvalue weighted by atomic mass is 9.87. The quantitative estimate of drug-likeness (QED) is 0.157. The molecule has 0 saturated heterocycles. The van der Waals surface area contributed by atoms with Crippen LogP contribution in [0.3, 0.4) is 0 Å². The number of hydrazine groups is 1. The van der Waals surface area contributed by atoms with Crippen LogP contribution in [0.4, 0.5) is 11.6 Å². The number of methoxy groups -OCH3 is 1. The van der Waals surface area contributed by atoms with Crippen molar-refractivity contribution in [3.63, 3.8) is 0 Å². The summed E-state index contributed by atoms with van der Waals surface area (Å²) in [6, 6.07) is 19.9. The first-order valence-corrected chi connectivity index (χ1v) is 15.7. The molecule has 0 radical (unpaired) electrons. The molecule has 5 aromatic rings.